The van der Waals surface area contributed by atoms with Gasteiger partial charge in [0.15, 0.2) is 0 Å². The van der Waals surface area contributed by atoms with Crippen molar-refractivity contribution in [3.05, 3.63) is 101 Å². The molecule has 0 radical (unpaired) electrons. The van der Waals surface area contributed by atoms with Crippen molar-refractivity contribution in [1.82, 2.24) is 0 Å². The number of nitrogens with one attached hydrogen (secondary N) is 1. The molecule has 0 atom stereocenters. The Morgan fingerprint density at radius 1 is 0.935 bits per heavy atom. The van der Waals surface area contributed by atoms with Crippen LogP contribution >= 0.6 is 11.3 Å². The number of hydrogen-bond donors (Lipinski definition) is 2. The second kappa shape index (κ2) is 10.9. The third-order valence-corrected chi connectivity index (χ3v) is 5.88. The zero-order valence-electron chi connectivity index (χ0n) is 17.2. The van der Waals surface area contributed by atoms with Gasteiger partial charge in [0.05, 0.1) is 17.6 Å². The summed E-state index contributed by atoms with van der Waals surface area (Å²) in [5.41, 5.74) is 7.89. The third-order valence-electron chi connectivity index (χ3n) is 4.88. The van der Waals surface area contributed by atoms with E-state index in [1.165, 1.54) is 21.7 Å². The van der Waals surface area contributed by atoms with E-state index < -0.39 is 0 Å². The number of anilines is 1. The Kier molecular flexibility index (Phi) is 7.98. The second-order valence-corrected chi connectivity index (χ2v) is 8.23. The lowest BCUT2D eigenvalue weighted by Gasteiger charge is -2.06. The number of phenols is 1. The van der Waals surface area contributed by atoms with E-state index in [0.717, 1.165) is 23.7 Å². The number of benzene rings is 3. The predicted molar refractivity (Wildman–Crippen MR) is 124 cm³/mol. The molecule has 0 unspecified atom stereocenters. The summed E-state index contributed by atoms with van der Waals surface area (Å²) in [5.74, 6) is 0.250. The molecule has 0 bridgehead atoms. The van der Waals surface area contributed by atoms with Crippen LogP contribution in [-0.2, 0) is 13.0 Å². The molecule has 0 saturated heterocycles. The van der Waals surface area contributed by atoms with Gasteiger partial charge in [-0.15, -0.1) is 5.43 Å². The monoisotopic (exact) mass is 493 g/mol. The summed E-state index contributed by atoms with van der Waals surface area (Å²) in [6, 6.07) is 28.0. The van der Waals surface area contributed by atoms with Crippen LogP contribution in [0.25, 0.3) is 11.3 Å². The first-order valence-corrected chi connectivity index (χ1v) is 10.7. The Balaban J connectivity index is 0.00000272. The molecule has 31 heavy (non-hydrogen) atoms. The lowest BCUT2D eigenvalue weighted by Crippen LogP contribution is -3.00. The molecule has 0 fully saturated rings. The molecule has 1 aromatic heterocycles. The number of rotatable bonds is 7. The Bertz CT molecular complexity index is 1130. The molecule has 1 heterocycles. The van der Waals surface area contributed by atoms with E-state index in [2.05, 4.69) is 70.5 Å². The van der Waals surface area contributed by atoms with Gasteiger partial charge in [0.1, 0.15) is 11.4 Å². The van der Waals surface area contributed by atoms with Crippen LogP contribution in [0.4, 0.5) is 5.13 Å². The summed E-state index contributed by atoms with van der Waals surface area (Å²) in [6.45, 7) is 3.01. The Morgan fingerprint density at radius 3 is 2.26 bits per heavy atom. The van der Waals surface area contributed by atoms with Crippen molar-refractivity contribution in [2.24, 2.45) is 5.10 Å². The quantitative estimate of drug-likeness (QED) is 0.236. The van der Waals surface area contributed by atoms with Crippen molar-refractivity contribution in [3.8, 4) is 17.0 Å². The normalized spacial score (nSPS) is 10.7. The summed E-state index contributed by atoms with van der Waals surface area (Å²) in [7, 11) is 0. The minimum atomic E-state index is 0. The van der Waals surface area contributed by atoms with Gasteiger partial charge in [-0.2, -0.15) is 0 Å². The fourth-order valence-corrected chi connectivity index (χ4v) is 4.41. The van der Waals surface area contributed by atoms with Crippen molar-refractivity contribution in [3.63, 3.8) is 0 Å². The Hall–Kier alpha value is -2.96. The zero-order valence-corrected chi connectivity index (χ0v) is 19.6. The third kappa shape index (κ3) is 5.81. The molecule has 0 saturated carbocycles. The Labute approximate surface area is 197 Å². The number of thiazole rings is 1. The highest BCUT2D eigenvalue weighted by Gasteiger charge is 2.22. The molecule has 2 N–H and O–H groups in total. The maximum atomic E-state index is 9.43. The van der Waals surface area contributed by atoms with E-state index in [0.29, 0.717) is 0 Å². The highest BCUT2D eigenvalue weighted by atomic mass is 79.9. The van der Waals surface area contributed by atoms with E-state index in [1.54, 1.807) is 29.7 Å². The van der Waals surface area contributed by atoms with Crippen LogP contribution < -0.4 is 27.0 Å². The maximum absolute atomic E-state index is 9.43. The minimum Gasteiger partial charge on any atom is -1.00 e. The zero-order chi connectivity index (χ0) is 20.8. The molecular formula is C25H24BrN3OS. The van der Waals surface area contributed by atoms with Crippen LogP contribution in [0.1, 0.15) is 16.0 Å². The number of halogens is 1. The van der Waals surface area contributed by atoms with Crippen LogP contribution in [-0.4, -0.2) is 11.3 Å². The van der Waals surface area contributed by atoms with Gasteiger partial charge in [-0.1, -0.05) is 65.8 Å². The van der Waals surface area contributed by atoms with Crippen LogP contribution in [0, 0.1) is 6.92 Å². The van der Waals surface area contributed by atoms with E-state index in [1.807, 2.05) is 24.3 Å². The summed E-state index contributed by atoms with van der Waals surface area (Å²) in [4.78, 5) is 1.25. The van der Waals surface area contributed by atoms with Gasteiger partial charge in [0.25, 0.3) is 0 Å². The molecule has 4 nitrogen and oxygen atoms in total. The minimum absolute atomic E-state index is 0. The topological polar surface area (TPSA) is 48.5 Å². The molecule has 0 aliphatic rings. The van der Waals surface area contributed by atoms with Gasteiger partial charge in [0.2, 0.25) is 0 Å². The Morgan fingerprint density at radius 2 is 1.58 bits per heavy atom. The number of hydrogen-bond acceptors (Lipinski definition) is 4. The van der Waals surface area contributed by atoms with Crippen LogP contribution in [0.3, 0.4) is 0 Å². The SMILES string of the molecule is Cc1sc(N/N=C/c2ccc(O)cc2)[n+](CCc2ccccc2)c1-c1ccccc1.[Br-]. The average molecular weight is 494 g/mol. The van der Waals surface area contributed by atoms with E-state index in [-0.39, 0.29) is 22.7 Å². The van der Waals surface area contributed by atoms with Crippen LogP contribution in [0.15, 0.2) is 90.0 Å². The molecule has 158 valence electrons. The maximum Gasteiger partial charge on any atom is 0.359 e. The average Bonchev–Trinajstić information content (AvgIpc) is 3.10. The molecule has 0 aliphatic carbocycles. The van der Waals surface area contributed by atoms with E-state index in [9.17, 15) is 5.11 Å². The first-order chi connectivity index (χ1) is 14.7. The van der Waals surface area contributed by atoms with Gasteiger partial charge < -0.3 is 22.1 Å². The lowest BCUT2D eigenvalue weighted by atomic mass is 10.1. The van der Waals surface area contributed by atoms with Crippen LogP contribution in [0.5, 0.6) is 5.75 Å². The number of nitrogens with zero attached hydrogens (tertiary/aromatic N) is 2. The number of phenolic OH excluding ortho intramolecular Hbond substituents is 1. The predicted octanol–water partition coefficient (Wildman–Crippen LogP) is 2.41. The van der Waals surface area contributed by atoms with Crippen molar-refractivity contribution < 1.29 is 26.7 Å². The van der Waals surface area contributed by atoms with Crippen molar-refractivity contribution >= 4 is 22.7 Å². The number of aryl methyl sites for hydroxylation is 2. The van der Waals surface area contributed by atoms with Crippen molar-refractivity contribution in [1.29, 1.82) is 0 Å². The van der Waals surface area contributed by atoms with Gasteiger partial charge in [-0.05, 0) is 53.7 Å². The highest BCUT2D eigenvalue weighted by Crippen LogP contribution is 2.29. The van der Waals surface area contributed by atoms with Crippen LogP contribution in [0.2, 0.25) is 0 Å². The van der Waals surface area contributed by atoms with Crippen molar-refractivity contribution in [2.45, 2.75) is 19.9 Å². The molecule has 4 rings (SSSR count). The summed E-state index contributed by atoms with van der Waals surface area (Å²) >= 11 is 1.71. The summed E-state index contributed by atoms with van der Waals surface area (Å²) < 4.78 is 2.32. The molecule has 4 aromatic rings. The van der Waals surface area contributed by atoms with E-state index >= 15 is 0 Å². The van der Waals surface area contributed by atoms with Gasteiger partial charge in [-0.3, -0.25) is 0 Å². The smallest absolute Gasteiger partial charge is 0.359 e. The second-order valence-electron chi connectivity index (χ2n) is 7.03. The standard InChI is InChI=1S/C25H23N3OS.BrH/c1-19-24(22-10-6-3-7-11-22)28(17-16-20-8-4-2-5-9-20)25(30-19)27-26-18-21-12-14-23(29)15-13-21;/h2-15,18H,16-17H2,1H3,(H,26,29);1H. The van der Waals surface area contributed by atoms with Gasteiger partial charge >= 0.3 is 5.13 Å². The number of aromatic hydroxyl groups is 1. The van der Waals surface area contributed by atoms with Gasteiger partial charge in [-0.25, -0.2) is 4.57 Å². The molecule has 3 aromatic carbocycles. The molecule has 0 aliphatic heterocycles. The molecule has 0 spiro atoms. The molecular weight excluding hydrogens is 470 g/mol. The summed E-state index contributed by atoms with van der Waals surface area (Å²) in [5, 5.41) is 14.9. The lowest BCUT2D eigenvalue weighted by molar-refractivity contribution is -0.668. The first-order valence-electron chi connectivity index (χ1n) is 9.91. The highest BCUT2D eigenvalue weighted by molar-refractivity contribution is 7.15. The summed E-state index contributed by atoms with van der Waals surface area (Å²) in [6.07, 6.45) is 2.70. The van der Waals surface area contributed by atoms with Gasteiger partial charge in [0, 0.05) is 12.0 Å². The molecule has 0 amide bonds. The number of aromatic nitrogens is 1. The van der Waals surface area contributed by atoms with E-state index in [4.69, 9.17) is 0 Å². The largest absolute Gasteiger partial charge is 1.00 e. The fraction of sp³-hybridized carbons (Fsp3) is 0.120. The number of hydrazone groups is 1. The van der Waals surface area contributed by atoms with Crippen molar-refractivity contribution in [2.75, 3.05) is 5.43 Å². The first kappa shape index (κ1) is 22.7. The fourth-order valence-electron chi connectivity index (χ4n) is 3.40. The molecule has 6 heteroatoms.